The van der Waals surface area contributed by atoms with Crippen LogP contribution >= 0.6 is 11.8 Å². The summed E-state index contributed by atoms with van der Waals surface area (Å²) in [6.45, 7) is 7.86. The first-order valence-electron chi connectivity index (χ1n) is 6.80. The number of nitrogens with one attached hydrogen (secondary N) is 1. The summed E-state index contributed by atoms with van der Waals surface area (Å²) < 4.78 is 5.08. The molecule has 0 aromatic carbocycles. The average Bonchev–Trinajstić information content (AvgIpc) is 2.33. The first-order chi connectivity index (χ1) is 9.28. The average molecular weight is 304 g/mol. The van der Waals surface area contributed by atoms with Crippen LogP contribution < -0.4 is 5.32 Å². The molecule has 2 N–H and O–H groups in total. The van der Waals surface area contributed by atoms with E-state index in [-0.39, 0.29) is 0 Å². The first kappa shape index (κ1) is 17.1. The van der Waals surface area contributed by atoms with E-state index in [4.69, 9.17) is 9.84 Å². The number of alkyl carbamates (subject to hydrolysis) is 1. The molecule has 0 bridgehead atoms. The molecular weight excluding hydrogens is 280 g/mol. The van der Waals surface area contributed by atoms with E-state index >= 15 is 0 Å². The van der Waals surface area contributed by atoms with Gasteiger partial charge in [-0.1, -0.05) is 0 Å². The van der Waals surface area contributed by atoms with E-state index in [0.717, 1.165) is 24.6 Å². The van der Waals surface area contributed by atoms with E-state index in [1.54, 1.807) is 20.8 Å². The van der Waals surface area contributed by atoms with Gasteiger partial charge in [-0.05, 0) is 27.2 Å². The molecule has 6 nitrogen and oxygen atoms in total. The smallest absolute Gasteiger partial charge is 0.408 e. The highest BCUT2D eigenvalue weighted by molar-refractivity contribution is 7.99. The molecule has 0 spiro atoms. The molecule has 1 fully saturated rings. The summed E-state index contributed by atoms with van der Waals surface area (Å²) in [4.78, 5) is 25.0. The zero-order chi connectivity index (χ0) is 15.2. The fourth-order valence-electron chi connectivity index (χ4n) is 1.84. The van der Waals surface area contributed by atoms with Crippen LogP contribution in [0.4, 0.5) is 4.79 Å². The van der Waals surface area contributed by atoms with Crippen molar-refractivity contribution in [2.45, 2.75) is 38.8 Å². The molecule has 1 saturated heterocycles. The molecule has 7 heteroatoms. The van der Waals surface area contributed by atoms with Gasteiger partial charge in [0.25, 0.3) is 0 Å². The van der Waals surface area contributed by atoms with Crippen LogP contribution in [0.15, 0.2) is 0 Å². The molecule has 0 saturated carbocycles. The molecule has 0 aromatic heterocycles. The second-order valence-electron chi connectivity index (χ2n) is 5.78. The number of nitrogens with zero attached hydrogens (tertiary/aromatic N) is 1. The number of hydrogen-bond donors (Lipinski definition) is 2. The number of carboxylic acid groups (broad SMARTS) is 1. The molecule has 0 radical (unpaired) electrons. The molecule has 0 aliphatic carbocycles. The molecule has 1 unspecified atom stereocenters. The predicted octanol–water partition coefficient (Wildman–Crippen LogP) is 1.40. The van der Waals surface area contributed by atoms with Crippen molar-refractivity contribution >= 4 is 23.8 Å². The Morgan fingerprint density at radius 1 is 1.35 bits per heavy atom. The molecular formula is C13H24N2O4S. The molecule has 1 aliphatic rings. The molecule has 20 heavy (non-hydrogen) atoms. The van der Waals surface area contributed by atoms with Gasteiger partial charge in [0.1, 0.15) is 11.6 Å². The minimum Gasteiger partial charge on any atom is -0.480 e. The Labute approximate surface area is 124 Å². The van der Waals surface area contributed by atoms with E-state index in [9.17, 15) is 9.59 Å². The van der Waals surface area contributed by atoms with Crippen molar-refractivity contribution in [3.05, 3.63) is 0 Å². The molecule has 116 valence electrons. The van der Waals surface area contributed by atoms with E-state index in [2.05, 4.69) is 10.2 Å². The Bertz CT molecular complexity index is 338. The maximum atomic E-state index is 11.6. The molecule has 0 aromatic rings. The largest absolute Gasteiger partial charge is 0.480 e. The molecule has 1 atom stereocenters. The predicted molar refractivity (Wildman–Crippen MR) is 79.2 cm³/mol. The van der Waals surface area contributed by atoms with Gasteiger partial charge in [0.05, 0.1) is 0 Å². The van der Waals surface area contributed by atoms with Gasteiger partial charge in [0.2, 0.25) is 0 Å². The van der Waals surface area contributed by atoms with E-state index in [1.807, 2.05) is 11.8 Å². The van der Waals surface area contributed by atoms with E-state index < -0.39 is 23.7 Å². The molecule has 1 heterocycles. The summed E-state index contributed by atoms with van der Waals surface area (Å²) in [7, 11) is 0. The fourth-order valence-corrected chi connectivity index (χ4v) is 2.82. The van der Waals surface area contributed by atoms with E-state index in [1.165, 1.54) is 0 Å². The number of ether oxygens (including phenoxy) is 1. The van der Waals surface area contributed by atoms with Crippen molar-refractivity contribution < 1.29 is 19.4 Å². The number of thioether (sulfide) groups is 1. The fraction of sp³-hybridized carbons (Fsp3) is 0.846. The number of carbonyl (C=O) groups is 2. The molecule has 1 rings (SSSR count). The lowest BCUT2D eigenvalue weighted by atomic mass is 10.2. The lowest BCUT2D eigenvalue weighted by Crippen LogP contribution is -2.45. The van der Waals surface area contributed by atoms with Crippen molar-refractivity contribution in [3.8, 4) is 0 Å². The van der Waals surface area contributed by atoms with Gasteiger partial charge in [-0.2, -0.15) is 11.8 Å². The highest BCUT2D eigenvalue weighted by Gasteiger charge is 2.24. The van der Waals surface area contributed by atoms with Crippen molar-refractivity contribution in [3.63, 3.8) is 0 Å². The van der Waals surface area contributed by atoms with Crippen LogP contribution in [0.3, 0.4) is 0 Å². The quantitative estimate of drug-likeness (QED) is 0.799. The Morgan fingerprint density at radius 2 is 1.95 bits per heavy atom. The molecule has 1 aliphatic heterocycles. The minimum absolute atomic E-state index is 0.388. The third kappa shape index (κ3) is 7.00. The molecule has 1 amide bonds. The summed E-state index contributed by atoms with van der Waals surface area (Å²) in [6.07, 6.45) is -0.293. The maximum absolute atomic E-state index is 11.6. The van der Waals surface area contributed by atoms with Gasteiger partial charge < -0.3 is 20.1 Å². The Morgan fingerprint density at radius 3 is 2.45 bits per heavy atom. The first-order valence-corrected chi connectivity index (χ1v) is 7.96. The number of amides is 1. The van der Waals surface area contributed by atoms with Crippen LogP contribution in [-0.2, 0) is 9.53 Å². The van der Waals surface area contributed by atoms with Gasteiger partial charge in [0.15, 0.2) is 0 Å². The second kappa shape index (κ2) is 7.73. The summed E-state index contributed by atoms with van der Waals surface area (Å²) in [5, 5.41) is 11.6. The van der Waals surface area contributed by atoms with E-state index in [0.29, 0.717) is 13.0 Å². The summed E-state index contributed by atoms with van der Waals surface area (Å²) in [5.74, 6) is 1.14. The minimum atomic E-state index is -1.03. The van der Waals surface area contributed by atoms with Crippen molar-refractivity contribution in [1.82, 2.24) is 10.2 Å². The SMILES string of the molecule is CC(C)(C)OC(=O)NC(CCN1CCSCC1)C(=O)O. The van der Waals surface area contributed by atoms with Crippen LogP contribution in [0.5, 0.6) is 0 Å². The van der Waals surface area contributed by atoms with Crippen LogP contribution in [0.2, 0.25) is 0 Å². The monoisotopic (exact) mass is 304 g/mol. The topological polar surface area (TPSA) is 78.9 Å². The van der Waals surface area contributed by atoms with Gasteiger partial charge in [0, 0.05) is 31.1 Å². The van der Waals surface area contributed by atoms with Crippen LogP contribution in [-0.4, -0.2) is 64.9 Å². The second-order valence-corrected chi connectivity index (χ2v) is 7.00. The highest BCUT2D eigenvalue weighted by atomic mass is 32.2. The van der Waals surface area contributed by atoms with Crippen molar-refractivity contribution in [2.24, 2.45) is 0 Å². The zero-order valence-corrected chi connectivity index (χ0v) is 13.2. The third-order valence-corrected chi connectivity index (χ3v) is 3.77. The number of carbonyl (C=O) groups excluding carboxylic acids is 1. The van der Waals surface area contributed by atoms with Gasteiger partial charge in [-0.25, -0.2) is 9.59 Å². The normalized spacial score (nSPS) is 18.4. The maximum Gasteiger partial charge on any atom is 0.408 e. The number of rotatable bonds is 5. The van der Waals surface area contributed by atoms with Crippen molar-refractivity contribution in [1.29, 1.82) is 0 Å². The third-order valence-electron chi connectivity index (χ3n) is 2.83. The zero-order valence-electron chi connectivity index (χ0n) is 12.3. The lowest BCUT2D eigenvalue weighted by molar-refractivity contribution is -0.139. The van der Waals surface area contributed by atoms with Crippen LogP contribution in [0.1, 0.15) is 27.2 Å². The van der Waals surface area contributed by atoms with Crippen LogP contribution in [0.25, 0.3) is 0 Å². The number of carboxylic acids is 1. The summed E-state index contributed by atoms with van der Waals surface area (Å²) in [5.41, 5.74) is -0.628. The van der Waals surface area contributed by atoms with Gasteiger partial charge in [-0.3, -0.25) is 0 Å². The Hall–Kier alpha value is -0.950. The van der Waals surface area contributed by atoms with Crippen LogP contribution in [0, 0.1) is 0 Å². The standard InChI is InChI=1S/C13H24N2O4S/c1-13(2,3)19-12(18)14-10(11(16)17)4-5-15-6-8-20-9-7-15/h10H,4-9H2,1-3H3,(H,14,18)(H,16,17). The number of aliphatic carboxylic acids is 1. The highest BCUT2D eigenvalue weighted by Crippen LogP contribution is 2.11. The Kier molecular flexibility index (Phi) is 6.61. The number of hydrogen-bond acceptors (Lipinski definition) is 5. The van der Waals surface area contributed by atoms with Gasteiger partial charge >= 0.3 is 12.1 Å². The summed E-state index contributed by atoms with van der Waals surface area (Å²) >= 11 is 1.91. The lowest BCUT2D eigenvalue weighted by Gasteiger charge is -2.27. The summed E-state index contributed by atoms with van der Waals surface area (Å²) in [6, 6.07) is -0.903. The van der Waals surface area contributed by atoms with Crippen molar-refractivity contribution in [2.75, 3.05) is 31.1 Å². The Balaban J connectivity index is 2.39. The van der Waals surface area contributed by atoms with Gasteiger partial charge in [-0.15, -0.1) is 0 Å².